The maximum atomic E-state index is 9.90. The topological polar surface area (TPSA) is 83.2 Å². The Kier molecular flexibility index (Phi) is 4.48. The molecule has 6 nitrogen and oxygen atoms in total. The Labute approximate surface area is 156 Å². The Morgan fingerprint density at radius 2 is 1.89 bits per heavy atom. The summed E-state index contributed by atoms with van der Waals surface area (Å²) in [7, 11) is 1.92. The lowest BCUT2D eigenvalue weighted by Gasteiger charge is -2.18. The van der Waals surface area contributed by atoms with Crippen molar-refractivity contribution in [2.24, 2.45) is 7.05 Å². The van der Waals surface area contributed by atoms with E-state index in [1.165, 1.54) is 6.33 Å². The minimum atomic E-state index is -0.290. The van der Waals surface area contributed by atoms with Crippen LogP contribution in [-0.4, -0.2) is 31.4 Å². The summed E-state index contributed by atoms with van der Waals surface area (Å²) in [4.78, 5) is 8.84. The number of nitrogens with one attached hydrogen (secondary N) is 1. The normalized spacial score (nSPS) is 12.2. The molecule has 0 spiro atoms. The van der Waals surface area contributed by atoms with Crippen LogP contribution in [0.5, 0.6) is 5.75 Å². The summed E-state index contributed by atoms with van der Waals surface area (Å²) in [6.07, 6.45) is 3.48. The van der Waals surface area contributed by atoms with E-state index < -0.39 is 0 Å². The van der Waals surface area contributed by atoms with Crippen molar-refractivity contribution in [1.82, 2.24) is 14.5 Å². The lowest BCUT2D eigenvalue weighted by Crippen LogP contribution is -2.16. The number of anilines is 1. The second-order valence-corrected chi connectivity index (χ2v) is 6.42. The molecule has 4 aromatic rings. The molecule has 0 saturated carbocycles. The molecule has 136 valence electrons. The van der Waals surface area contributed by atoms with Gasteiger partial charge in [0.2, 0.25) is 0 Å². The van der Waals surface area contributed by atoms with Crippen molar-refractivity contribution < 1.29 is 10.2 Å². The fraction of sp³-hybridized carbons (Fsp3) is 0.143. The van der Waals surface area contributed by atoms with Crippen LogP contribution in [0.4, 0.5) is 5.82 Å². The van der Waals surface area contributed by atoms with Gasteiger partial charge in [-0.1, -0.05) is 42.5 Å². The van der Waals surface area contributed by atoms with Crippen LogP contribution in [0.1, 0.15) is 11.6 Å². The monoisotopic (exact) mass is 360 g/mol. The van der Waals surface area contributed by atoms with E-state index in [1.54, 1.807) is 18.2 Å². The van der Waals surface area contributed by atoms with E-state index in [0.29, 0.717) is 5.82 Å². The Balaban J connectivity index is 1.84. The zero-order valence-electron chi connectivity index (χ0n) is 14.9. The fourth-order valence-electron chi connectivity index (χ4n) is 3.30. The van der Waals surface area contributed by atoms with Crippen molar-refractivity contribution in [3.05, 3.63) is 72.7 Å². The summed E-state index contributed by atoms with van der Waals surface area (Å²) in [5.74, 6) is 0.843. The number of fused-ring (bicyclic) bond motifs is 1. The van der Waals surface area contributed by atoms with Gasteiger partial charge in [0.25, 0.3) is 0 Å². The fourth-order valence-corrected chi connectivity index (χ4v) is 3.30. The first-order valence-corrected chi connectivity index (χ1v) is 8.69. The number of nitrogens with zero attached hydrogens (tertiary/aromatic N) is 3. The third kappa shape index (κ3) is 3.22. The van der Waals surface area contributed by atoms with Crippen molar-refractivity contribution in [1.29, 1.82) is 0 Å². The molecule has 27 heavy (non-hydrogen) atoms. The predicted molar refractivity (Wildman–Crippen MR) is 106 cm³/mol. The second kappa shape index (κ2) is 7.09. The van der Waals surface area contributed by atoms with Gasteiger partial charge < -0.3 is 20.1 Å². The van der Waals surface area contributed by atoms with Gasteiger partial charge in [0.15, 0.2) is 0 Å². The van der Waals surface area contributed by atoms with Gasteiger partial charge >= 0.3 is 0 Å². The standard InChI is InChI=1S/C21H20N4O2/c1-25-11-17(15-8-5-9-16(27)10-15)19-20(22-13-23-21(19)25)24-18(12-26)14-6-3-2-4-7-14/h2-11,13,18,26-27H,12H2,1H3,(H,22,23,24)/t18-/m1/s1. The van der Waals surface area contributed by atoms with Gasteiger partial charge in [-0.3, -0.25) is 0 Å². The molecule has 6 heteroatoms. The highest BCUT2D eigenvalue weighted by Gasteiger charge is 2.18. The van der Waals surface area contributed by atoms with E-state index in [4.69, 9.17) is 0 Å². The smallest absolute Gasteiger partial charge is 0.145 e. The number of aliphatic hydroxyl groups is 1. The molecule has 0 fully saturated rings. The van der Waals surface area contributed by atoms with E-state index in [-0.39, 0.29) is 18.4 Å². The zero-order valence-corrected chi connectivity index (χ0v) is 14.9. The Hall–Kier alpha value is -3.38. The summed E-state index contributed by atoms with van der Waals surface area (Å²) in [6.45, 7) is -0.0657. The SMILES string of the molecule is Cn1cc(-c2cccc(O)c2)c2c(N[C@H](CO)c3ccccc3)ncnc21. The Morgan fingerprint density at radius 1 is 1.07 bits per heavy atom. The van der Waals surface area contributed by atoms with Gasteiger partial charge in [-0.25, -0.2) is 9.97 Å². The zero-order chi connectivity index (χ0) is 18.8. The molecule has 0 radical (unpaired) electrons. The molecule has 3 N–H and O–H groups in total. The molecule has 2 heterocycles. The molecule has 0 unspecified atom stereocenters. The highest BCUT2D eigenvalue weighted by molar-refractivity contribution is 6.01. The Morgan fingerprint density at radius 3 is 2.63 bits per heavy atom. The van der Waals surface area contributed by atoms with Crippen molar-refractivity contribution in [2.45, 2.75) is 6.04 Å². The molecule has 0 bridgehead atoms. The summed E-state index contributed by atoms with van der Waals surface area (Å²) >= 11 is 0. The molecule has 0 aliphatic rings. The lowest BCUT2D eigenvalue weighted by atomic mass is 10.0. The number of phenols is 1. The molecular formula is C21H20N4O2. The van der Waals surface area contributed by atoms with Crippen molar-refractivity contribution in [3.63, 3.8) is 0 Å². The van der Waals surface area contributed by atoms with Gasteiger partial charge in [-0.2, -0.15) is 0 Å². The van der Waals surface area contributed by atoms with Crippen molar-refractivity contribution >= 4 is 16.9 Å². The van der Waals surface area contributed by atoms with E-state index >= 15 is 0 Å². The summed E-state index contributed by atoms with van der Waals surface area (Å²) in [5.41, 5.74) is 3.53. The minimum Gasteiger partial charge on any atom is -0.508 e. The van der Waals surface area contributed by atoms with Gasteiger partial charge in [0.05, 0.1) is 18.0 Å². The number of benzene rings is 2. The molecule has 2 aromatic carbocycles. The summed E-state index contributed by atoms with van der Waals surface area (Å²) < 4.78 is 1.93. The number of phenolic OH excluding ortho intramolecular Hbond substituents is 1. The Bertz CT molecular complexity index is 1080. The molecule has 0 aliphatic carbocycles. The largest absolute Gasteiger partial charge is 0.508 e. The van der Waals surface area contributed by atoms with Gasteiger partial charge in [0.1, 0.15) is 23.5 Å². The first-order chi connectivity index (χ1) is 13.2. The van der Waals surface area contributed by atoms with Crippen molar-refractivity contribution in [3.8, 4) is 16.9 Å². The van der Waals surface area contributed by atoms with Crippen LogP contribution in [0.15, 0.2) is 67.1 Å². The average Bonchev–Trinajstić information content (AvgIpc) is 3.04. The molecule has 2 aromatic heterocycles. The van der Waals surface area contributed by atoms with E-state index in [1.807, 2.05) is 54.2 Å². The molecule has 1 atom stereocenters. The van der Waals surface area contributed by atoms with Crippen LogP contribution < -0.4 is 5.32 Å². The lowest BCUT2D eigenvalue weighted by molar-refractivity contribution is 0.276. The number of rotatable bonds is 5. The van der Waals surface area contributed by atoms with Crippen LogP contribution in [-0.2, 0) is 7.05 Å². The molecule has 0 aliphatic heterocycles. The van der Waals surface area contributed by atoms with Crippen LogP contribution in [0, 0.1) is 0 Å². The van der Waals surface area contributed by atoms with Crippen LogP contribution in [0.3, 0.4) is 0 Å². The van der Waals surface area contributed by atoms with Gasteiger partial charge in [0, 0.05) is 18.8 Å². The number of aromatic nitrogens is 3. The molecule has 4 rings (SSSR count). The van der Waals surface area contributed by atoms with Crippen LogP contribution >= 0.6 is 0 Å². The number of aliphatic hydroxyl groups excluding tert-OH is 1. The number of aromatic hydroxyl groups is 1. The summed E-state index contributed by atoms with van der Waals surface area (Å²) in [5, 5.41) is 24.0. The highest BCUT2D eigenvalue weighted by Crippen LogP contribution is 2.35. The maximum Gasteiger partial charge on any atom is 0.145 e. The second-order valence-electron chi connectivity index (χ2n) is 6.42. The quantitative estimate of drug-likeness (QED) is 0.507. The number of hydrogen-bond acceptors (Lipinski definition) is 5. The maximum absolute atomic E-state index is 9.90. The first kappa shape index (κ1) is 17.1. The average molecular weight is 360 g/mol. The minimum absolute atomic E-state index is 0.0657. The molecule has 0 saturated heterocycles. The third-order valence-corrected chi connectivity index (χ3v) is 4.61. The van der Waals surface area contributed by atoms with Crippen LogP contribution in [0.25, 0.3) is 22.2 Å². The van der Waals surface area contributed by atoms with Crippen LogP contribution in [0.2, 0.25) is 0 Å². The summed E-state index contributed by atoms with van der Waals surface area (Å²) in [6, 6.07) is 16.6. The predicted octanol–water partition coefficient (Wildman–Crippen LogP) is 3.49. The van der Waals surface area contributed by atoms with Gasteiger partial charge in [-0.15, -0.1) is 0 Å². The van der Waals surface area contributed by atoms with Gasteiger partial charge in [-0.05, 0) is 23.3 Å². The molecular weight excluding hydrogens is 340 g/mol. The van der Waals surface area contributed by atoms with E-state index in [2.05, 4.69) is 15.3 Å². The number of aryl methyl sites for hydroxylation is 1. The van der Waals surface area contributed by atoms with E-state index in [9.17, 15) is 10.2 Å². The molecule has 0 amide bonds. The third-order valence-electron chi connectivity index (χ3n) is 4.61. The highest BCUT2D eigenvalue weighted by atomic mass is 16.3. The van der Waals surface area contributed by atoms with E-state index in [0.717, 1.165) is 27.7 Å². The van der Waals surface area contributed by atoms with Crippen molar-refractivity contribution in [2.75, 3.05) is 11.9 Å². The first-order valence-electron chi connectivity index (χ1n) is 8.69. The number of hydrogen-bond donors (Lipinski definition) is 3.